The summed E-state index contributed by atoms with van der Waals surface area (Å²) in [6.45, 7) is 7.76. The van der Waals surface area contributed by atoms with E-state index in [4.69, 9.17) is 0 Å². The van der Waals surface area contributed by atoms with Crippen LogP contribution in [0.3, 0.4) is 0 Å². The zero-order chi connectivity index (χ0) is 26.2. The Balaban J connectivity index is 1.28. The van der Waals surface area contributed by atoms with E-state index in [9.17, 15) is 9.59 Å². The van der Waals surface area contributed by atoms with Crippen LogP contribution in [0.5, 0.6) is 0 Å². The number of carbonyl (C=O) groups is 2. The van der Waals surface area contributed by atoms with Gasteiger partial charge in [-0.1, -0.05) is 74.1 Å². The molecule has 1 fully saturated rings. The van der Waals surface area contributed by atoms with Crippen LogP contribution in [0.2, 0.25) is 0 Å². The summed E-state index contributed by atoms with van der Waals surface area (Å²) >= 11 is 1.69. The van der Waals surface area contributed by atoms with Gasteiger partial charge in [-0.2, -0.15) is 0 Å². The summed E-state index contributed by atoms with van der Waals surface area (Å²) in [6.07, 6.45) is 3.01. The first kappa shape index (κ1) is 26.9. The van der Waals surface area contributed by atoms with Gasteiger partial charge in [0.15, 0.2) is 5.16 Å². The van der Waals surface area contributed by atoms with Gasteiger partial charge >= 0.3 is 0 Å². The Kier molecular flexibility index (Phi) is 9.39. The van der Waals surface area contributed by atoms with Crippen molar-refractivity contribution in [1.29, 1.82) is 0 Å². The molecule has 0 spiro atoms. The molecule has 1 aromatic heterocycles. The molecule has 37 heavy (non-hydrogen) atoms. The van der Waals surface area contributed by atoms with Crippen molar-refractivity contribution in [3.63, 3.8) is 0 Å². The molecule has 1 aliphatic rings. The Morgan fingerprint density at radius 1 is 0.973 bits per heavy atom. The first-order valence-corrected chi connectivity index (χ1v) is 14.2. The van der Waals surface area contributed by atoms with E-state index in [1.165, 1.54) is 5.56 Å². The average Bonchev–Trinajstić information content (AvgIpc) is 3.31. The maximum Gasteiger partial charge on any atom is 0.225 e. The summed E-state index contributed by atoms with van der Waals surface area (Å²) in [7, 11) is 0. The van der Waals surface area contributed by atoms with Crippen molar-refractivity contribution in [2.75, 3.05) is 25.4 Å². The zero-order valence-electron chi connectivity index (χ0n) is 22.0. The molecule has 0 bridgehead atoms. The van der Waals surface area contributed by atoms with Gasteiger partial charge in [-0.05, 0) is 37.5 Å². The van der Waals surface area contributed by atoms with Crippen LogP contribution in [0.4, 0.5) is 0 Å². The van der Waals surface area contributed by atoms with Crippen LogP contribution in [0.1, 0.15) is 51.4 Å². The Labute approximate surface area is 224 Å². The van der Waals surface area contributed by atoms with Crippen LogP contribution >= 0.6 is 11.8 Å². The molecule has 2 heterocycles. The minimum absolute atomic E-state index is 0.00990. The molecular weight excluding hydrogens is 482 g/mol. The number of piperazine rings is 1. The number of thioether (sulfide) groups is 1. The number of hydrogen-bond acceptors (Lipinski definition) is 5. The van der Waals surface area contributed by atoms with E-state index in [0.717, 1.165) is 35.3 Å². The summed E-state index contributed by atoms with van der Waals surface area (Å²) in [6, 6.07) is 20.6. The minimum Gasteiger partial charge on any atom is -0.339 e. The van der Waals surface area contributed by atoms with Crippen LogP contribution in [0.15, 0.2) is 65.8 Å². The zero-order valence-corrected chi connectivity index (χ0v) is 22.9. The average molecular weight is 520 g/mol. The number of aromatic nitrogens is 3. The lowest BCUT2D eigenvalue weighted by Crippen LogP contribution is -2.56. The largest absolute Gasteiger partial charge is 0.339 e. The van der Waals surface area contributed by atoms with E-state index >= 15 is 0 Å². The standard InChI is InChI=1S/C29H37N5O2S/c1-22(2)28(36)33-18-17-32(21-23(33)3)27(35)16-10-11-19-37-29-31-30-26(20-24-12-6-4-7-13-24)34(29)25-14-8-5-9-15-25/h4-9,12-15,22-23H,10-11,16-21H2,1-3H3. The van der Waals surface area contributed by atoms with Crippen molar-refractivity contribution in [3.05, 3.63) is 72.1 Å². The lowest BCUT2D eigenvalue weighted by molar-refractivity contribution is -0.144. The van der Waals surface area contributed by atoms with Crippen molar-refractivity contribution >= 4 is 23.6 Å². The fourth-order valence-corrected chi connectivity index (χ4v) is 5.64. The number of carbonyl (C=O) groups excluding carboxylic acids is 2. The summed E-state index contributed by atoms with van der Waals surface area (Å²) in [5, 5.41) is 9.90. The van der Waals surface area contributed by atoms with Gasteiger partial charge in [0, 0.05) is 55.9 Å². The van der Waals surface area contributed by atoms with Gasteiger partial charge < -0.3 is 9.80 Å². The van der Waals surface area contributed by atoms with Gasteiger partial charge in [-0.3, -0.25) is 14.2 Å². The molecule has 196 valence electrons. The summed E-state index contributed by atoms with van der Waals surface area (Å²) < 4.78 is 2.14. The van der Waals surface area contributed by atoms with Crippen molar-refractivity contribution in [2.45, 2.75) is 57.7 Å². The third kappa shape index (κ3) is 7.01. The molecule has 1 saturated heterocycles. The van der Waals surface area contributed by atoms with Crippen molar-refractivity contribution in [3.8, 4) is 5.69 Å². The van der Waals surface area contributed by atoms with E-state index in [-0.39, 0.29) is 23.8 Å². The first-order chi connectivity index (χ1) is 17.9. The number of benzene rings is 2. The topological polar surface area (TPSA) is 71.3 Å². The predicted octanol–water partition coefficient (Wildman–Crippen LogP) is 4.84. The molecule has 7 nitrogen and oxygen atoms in total. The second-order valence-electron chi connectivity index (χ2n) is 9.91. The van der Waals surface area contributed by atoms with Crippen molar-refractivity contribution in [1.82, 2.24) is 24.6 Å². The highest BCUT2D eigenvalue weighted by molar-refractivity contribution is 7.99. The number of rotatable bonds is 10. The Morgan fingerprint density at radius 3 is 2.35 bits per heavy atom. The fourth-order valence-electron chi connectivity index (χ4n) is 4.67. The first-order valence-electron chi connectivity index (χ1n) is 13.2. The third-order valence-electron chi connectivity index (χ3n) is 6.69. The molecule has 1 atom stereocenters. The van der Waals surface area contributed by atoms with E-state index in [0.29, 0.717) is 32.5 Å². The Morgan fingerprint density at radius 2 is 1.68 bits per heavy atom. The van der Waals surface area contributed by atoms with Gasteiger partial charge in [0.25, 0.3) is 0 Å². The van der Waals surface area contributed by atoms with E-state index in [2.05, 4.69) is 39.0 Å². The van der Waals surface area contributed by atoms with E-state index in [1.807, 2.05) is 67.0 Å². The Bertz CT molecular complexity index is 1170. The SMILES string of the molecule is CC(C)C(=O)N1CCN(C(=O)CCCCSc2nnc(Cc3ccccc3)n2-c2ccccc2)CC1C. The highest BCUT2D eigenvalue weighted by Crippen LogP contribution is 2.25. The smallest absolute Gasteiger partial charge is 0.225 e. The molecule has 2 aromatic carbocycles. The normalized spacial score (nSPS) is 15.8. The van der Waals surface area contributed by atoms with Gasteiger partial charge in [0.2, 0.25) is 11.8 Å². The summed E-state index contributed by atoms with van der Waals surface area (Å²) in [4.78, 5) is 29.0. The van der Waals surface area contributed by atoms with Crippen LogP contribution in [0, 0.1) is 5.92 Å². The lowest BCUT2D eigenvalue weighted by atomic mass is 10.1. The Hall–Kier alpha value is -3.13. The molecule has 2 amide bonds. The maximum atomic E-state index is 12.8. The maximum absolute atomic E-state index is 12.8. The number of amides is 2. The molecular formula is C29H37N5O2S. The molecule has 0 saturated carbocycles. The van der Waals surface area contributed by atoms with Gasteiger partial charge in [0.1, 0.15) is 5.82 Å². The van der Waals surface area contributed by atoms with Crippen LogP contribution in [-0.4, -0.2) is 67.8 Å². The molecule has 1 unspecified atom stereocenters. The summed E-state index contributed by atoms with van der Waals surface area (Å²) in [5.41, 5.74) is 2.26. The molecule has 8 heteroatoms. The van der Waals surface area contributed by atoms with Gasteiger partial charge in [0.05, 0.1) is 0 Å². The number of para-hydroxylation sites is 1. The second-order valence-corrected chi connectivity index (χ2v) is 11.0. The van der Waals surface area contributed by atoms with Crippen LogP contribution in [-0.2, 0) is 16.0 Å². The van der Waals surface area contributed by atoms with Crippen molar-refractivity contribution < 1.29 is 9.59 Å². The quantitative estimate of drug-likeness (QED) is 0.283. The number of hydrogen-bond donors (Lipinski definition) is 0. The van der Waals surface area contributed by atoms with Crippen molar-refractivity contribution in [2.24, 2.45) is 5.92 Å². The molecule has 0 N–H and O–H groups in total. The monoisotopic (exact) mass is 519 g/mol. The highest BCUT2D eigenvalue weighted by Gasteiger charge is 2.30. The van der Waals surface area contributed by atoms with Gasteiger partial charge in [-0.15, -0.1) is 10.2 Å². The molecule has 3 aromatic rings. The van der Waals surface area contributed by atoms with E-state index < -0.39 is 0 Å². The molecule has 0 aliphatic carbocycles. The predicted molar refractivity (Wildman–Crippen MR) is 148 cm³/mol. The molecule has 4 rings (SSSR count). The number of unbranched alkanes of at least 4 members (excludes halogenated alkanes) is 1. The van der Waals surface area contributed by atoms with Crippen LogP contribution < -0.4 is 0 Å². The fraction of sp³-hybridized carbons (Fsp3) is 0.448. The highest BCUT2D eigenvalue weighted by atomic mass is 32.2. The third-order valence-corrected chi connectivity index (χ3v) is 7.71. The number of nitrogens with zero attached hydrogens (tertiary/aromatic N) is 5. The van der Waals surface area contributed by atoms with Gasteiger partial charge in [-0.25, -0.2) is 0 Å². The lowest BCUT2D eigenvalue weighted by Gasteiger charge is -2.40. The second kappa shape index (κ2) is 12.9. The molecule has 1 aliphatic heterocycles. The minimum atomic E-state index is -0.00990. The summed E-state index contributed by atoms with van der Waals surface area (Å²) in [5.74, 6) is 2.14. The van der Waals surface area contributed by atoms with Crippen LogP contribution in [0.25, 0.3) is 5.69 Å². The molecule has 0 radical (unpaired) electrons. The van der Waals surface area contributed by atoms with E-state index in [1.54, 1.807) is 11.8 Å².